The molecule has 0 spiro atoms. The van der Waals surface area contributed by atoms with E-state index in [1.54, 1.807) is 5.57 Å². The molecule has 0 bridgehead atoms. The highest BCUT2D eigenvalue weighted by Gasteiger charge is 2.60. The number of rotatable bonds is 2. The predicted octanol–water partition coefficient (Wildman–Crippen LogP) is 5.09. The molecule has 0 aromatic rings. The van der Waals surface area contributed by atoms with Gasteiger partial charge in [0.05, 0.1) is 11.7 Å². The van der Waals surface area contributed by atoms with Gasteiger partial charge in [-0.1, -0.05) is 32.4 Å². The predicted molar refractivity (Wildman–Crippen MR) is 102 cm³/mol. The van der Waals surface area contributed by atoms with E-state index >= 15 is 0 Å². The van der Waals surface area contributed by atoms with E-state index in [0.717, 1.165) is 37.0 Å². The van der Waals surface area contributed by atoms with Gasteiger partial charge in [0.2, 0.25) is 0 Å². The normalized spacial score (nSPS) is 51.8. The van der Waals surface area contributed by atoms with Gasteiger partial charge in [-0.25, -0.2) is 0 Å². The van der Waals surface area contributed by atoms with Crippen molar-refractivity contribution in [1.82, 2.24) is 0 Å². The molecule has 2 N–H and O–H groups in total. The smallest absolute Gasteiger partial charge is 0.0650 e. The van der Waals surface area contributed by atoms with Crippen LogP contribution in [0, 0.1) is 34.5 Å². The maximum absolute atomic E-state index is 11.1. The van der Waals surface area contributed by atoms with Crippen LogP contribution >= 0.6 is 0 Å². The Balaban J connectivity index is 1.64. The van der Waals surface area contributed by atoms with E-state index in [4.69, 9.17) is 0 Å². The molecule has 2 heteroatoms. The molecule has 4 aliphatic carbocycles. The molecule has 4 rings (SSSR count). The van der Waals surface area contributed by atoms with Gasteiger partial charge < -0.3 is 10.2 Å². The van der Waals surface area contributed by atoms with Crippen LogP contribution in [-0.2, 0) is 0 Å². The molecule has 0 aromatic carbocycles. The minimum atomic E-state index is -0.509. The summed E-state index contributed by atoms with van der Waals surface area (Å²) >= 11 is 0. The number of fused-ring (bicyclic) bond motifs is 5. The first-order chi connectivity index (χ1) is 11.7. The lowest BCUT2D eigenvalue weighted by Gasteiger charge is -2.58. The lowest BCUT2D eigenvalue weighted by molar-refractivity contribution is -0.103. The molecule has 3 saturated carbocycles. The molecule has 25 heavy (non-hydrogen) atoms. The van der Waals surface area contributed by atoms with Crippen LogP contribution in [0.2, 0.25) is 0 Å². The molecule has 0 radical (unpaired) electrons. The third kappa shape index (κ3) is 2.50. The molecule has 2 nitrogen and oxygen atoms in total. The summed E-state index contributed by atoms with van der Waals surface area (Å²) in [6.45, 7) is 9.23. The van der Waals surface area contributed by atoms with Crippen LogP contribution in [0.5, 0.6) is 0 Å². The third-order valence-corrected chi connectivity index (χ3v) is 9.54. The largest absolute Gasteiger partial charge is 0.393 e. The van der Waals surface area contributed by atoms with Gasteiger partial charge in [0, 0.05) is 0 Å². The number of aliphatic hydroxyl groups excluding tert-OH is 1. The van der Waals surface area contributed by atoms with Gasteiger partial charge in [0.25, 0.3) is 0 Å². The van der Waals surface area contributed by atoms with Gasteiger partial charge in [-0.15, -0.1) is 0 Å². The second kappa shape index (κ2) is 5.83. The van der Waals surface area contributed by atoms with Crippen molar-refractivity contribution in [3.8, 4) is 0 Å². The summed E-state index contributed by atoms with van der Waals surface area (Å²) in [7, 11) is 0. The Hall–Kier alpha value is -0.340. The Bertz CT molecular complexity index is 564. The lowest BCUT2D eigenvalue weighted by atomic mass is 9.46. The van der Waals surface area contributed by atoms with Crippen molar-refractivity contribution in [3.05, 3.63) is 11.6 Å². The molecule has 3 fully saturated rings. The van der Waals surface area contributed by atoms with Crippen LogP contribution in [0.3, 0.4) is 0 Å². The van der Waals surface area contributed by atoms with Crippen molar-refractivity contribution >= 4 is 0 Å². The quantitative estimate of drug-likeness (QED) is 0.684. The summed E-state index contributed by atoms with van der Waals surface area (Å²) in [6.07, 6.45) is 12.7. The second-order valence-electron chi connectivity index (χ2n) is 10.5. The standard InChI is InChI=1S/C23H38O2/c1-5-23(4,25)20-9-8-18-17-7-6-15-14-16(24)10-12-21(15,2)19(17)11-13-22(18,20)3/h6,16-20,24-25H,5,7-14H2,1-4H3/t16-,17-,18-,19-,20-,21-,22-,23+/m0/s1. The van der Waals surface area contributed by atoms with Crippen molar-refractivity contribution in [2.45, 2.75) is 97.2 Å². The number of hydrogen-bond donors (Lipinski definition) is 2. The highest BCUT2D eigenvalue weighted by molar-refractivity contribution is 5.25. The SMILES string of the molecule is CC[C@@](C)(O)[C@H]1CC[C@H]2[C@@H]3CC=C4C[C@@H](O)CC[C@]4(C)[C@H]3CC[C@@]21C. The Labute approximate surface area is 154 Å². The zero-order valence-corrected chi connectivity index (χ0v) is 16.7. The van der Waals surface area contributed by atoms with Gasteiger partial charge in [0.1, 0.15) is 0 Å². The maximum Gasteiger partial charge on any atom is 0.0650 e. The molecule has 0 unspecified atom stereocenters. The molecule has 4 aliphatic rings. The topological polar surface area (TPSA) is 40.5 Å². The average molecular weight is 347 g/mol. The van der Waals surface area contributed by atoms with Crippen molar-refractivity contribution in [1.29, 1.82) is 0 Å². The number of hydrogen-bond acceptors (Lipinski definition) is 2. The molecular weight excluding hydrogens is 308 g/mol. The Morgan fingerprint density at radius 3 is 2.60 bits per heavy atom. The van der Waals surface area contributed by atoms with Gasteiger partial charge >= 0.3 is 0 Å². The third-order valence-electron chi connectivity index (χ3n) is 9.54. The first-order valence-electron chi connectivity index (χ1n) is 10.8. The highest BCUT2D eigenvalue weighted by atomic mass is 16.3. The van der Waals surface area contributed by atoms with Gasteiger partial charge in [-0.05, 0) is 99.2 Å². The van der Waals surface area contributed by atoms with E-state index in [1.165, 1.54) is 38.5 Å². The fourth-order valence-corrected chi connectivity index (χ4v) is 7.91. The molecule has 0 amide bonds. The molecular formula is C23H38O2. The molecule has 0 saturated heterocycles. The summed E-state index contributed by atoms with van der Waals surface area (Å²) in [4.78, 5) is 0. The molecule has 0 heterocycles. The van der Waals surface area contributed by atoms with E-state index in [0.29, 0.717) is 16.7 Å². The summed E-state index contributed by atoms with van der Waals surface area (Å²) in [6, 6.07) is 0. The summed E-state index contributed by atoms with van der Waals surface area (Å²) in [5.41, 5.74) is 1.70. The summed E-state index contributed by atoms with van der Waals surface area (Å²) in [5.74, 6) is 2.82. The van der Waals surface area contributed by atoms with Gasteiger partial charge in [-0.2, -0.15) is 0 Å². The van der Waals surface area contributed by atoms with Crippen LogP contribution in [0.1, 0.15) is 85.5 Å². The number of allylic oxidation sites excluding steroid dienone is 1. The van der Waals surface area contributed by atoms with E-state index in [9.17, 15) is 10.2 Å². The monoisotopic (exact) mass is 346 g/mol. The average Bonchev–Trinajstić information content (AvgIpc) is 2.93. The Morgan fingerprint density at radius 2 is 1.88 bits per heavy atom. The fourth-order valence-electron chi connectivity index (χ4n) is 7.91. The summed E-state index contributed by atoms with van der Waals surface area (Å²) in [5, 5.41) is 21.2. The van der Waals surface area contributed by atoms with Crippen LogP contribution in [0.25, 0.3) is 0 Å². The minimum Gasteiger partial charge on any atom is -0.393 e. The van der Waals surface area contributed by atoms with Crippen LogP contribution in [0.4, 0.5) is 0 Å². The molecule has 8 atom stereocenters. The van der Waals surface area contributed by atoms with Crippen molar-refractivity contribution in [2.75, 3.05) is 0 Å². The first-order valence-corrected chi connectivity index (χ1v) is 10.8. The Kier molecular flexibility index (Phi) is 4.21. The minimum absolute atomic E-state index is 0.111. The second-order valence-corrected chi connectivity index (χ2v) is 10.5. The number of aliphatic hydroxyl groups is 2. The van der Waals surface area contributed by atoms with Crippen LogP contribution in [0.15, 0.2) is 11.6 Å². The summed E-state index contributed by atoms with van der Waals surface area (Å²) < 4.78 is 0. The van der Waals surface area contributed by atoms with E-state index in [2.05, 4.69) is 33.8 Å². The van der Waals surface area contributed by atoms with Crippen LogP contribution in [-0.4, -0.2) is 21.9 Å². The zero-order valence-electron chi connectivity index (χ0n) is 16.7. The maximum atomic E-state index is 11.1. The van der Waals surface area contributed by atoms with E-state index < -0.39 is 5.60 Å². The molecule has 0 aliphatic heterocycles. The van der Waals surface area contributed by atoms with Crippen molar-refractivity contribution < 1.29 is 10.2 Å². The molecule has 0 aromatic heterocycles. The molecule has 142 valence electrons. The zero-order chi connectivity index (χ0) is 18.0. The fraction of sp³-hybridized carbons (Fsp3) is 0.913. The van der Waals surface area contributed by atoms with Gasteiger partial charge in [-0.3, -0.25) is 0 Å². The van der Waals surface area contributed by atoms with Crippen LogP contribution < -0.4 is 0 Å². The van der Waals surface area contributed by atoms with Crippen molar-refractivity contribution in [3.63, 3.8) is 0 Å². The highest BCUT2D eigenvalue weighted by Crippen LogP contribution is 2.67. The van der Waals surface area contributed by atoms with Gasteiger partial charge in [0.15, 0.2) is 0 Å². The van der Waals surface area contributed by atoms with Crippen molar-refractivity contribution in [2.24, 2.45) is 34.5 Å². The first kappa shape index (κ1) is 18.0. The van der Waals surface area contributed by atoms with E-state index in [-0.39, 0.29) is 6.10 Å². The van der Waals surface area contributed by atoms with E-state index in [1.807, 2.05) is 0 Å². The Morgan fingerprint density at radius 1 is 1.12 bits per heavy atom. The lowest BCUT2D eigenvalue weighted by Crippen LogP contribution is -2.52.